The first kappa shape index (κ1) is 20.4. The number of hydrogen-bond donors (Lipinski definition) is 2. The van der Waals surface area contributed by atoms with Gasteiger partial charge in [0.05, 0.1) is 6.10 Å². The normalized spacial score (nSPS) is 35.5. The van der Waals surface area contributed by atoms with Crippen LogP contribution in [-0.2, 0) is 22.4 Å². The zero-order valence-corrected chi connectivity index (χ0v) is 18.2. The fourth-order valence-electron chi connectivity index (χ4n) is 7.48. The van der Waals surface area contributed by atoms with E-state index in [9.17, 15) is 15.0 Å². The molecule has 0 radical (unpaired) electrons. The molecule has 2 N–H and O–H groups in total. The summed E-state index contributed by atoms with van der Waals surface area (Å²) in [6.45, 7) is 2.30. The van der Waals surface area contributed by atoms with Crippen molar-refractivity contribution in [2.24, 2.45) is 17.3 Å². The highest BCUT2D eigenvalue weighted by Crippen LogP contribution is 2.61. The van der Waals surface area contributed by atoms with Crippen molar-refractivity contribution in [1.29, 1.82) is 0 Å². The third-order valence-electron chi connectivity index (χ3n) is 9.04. The van der Waals surface area contributed by atoms with E-state index >= 15 is 0 Å². The minimum Gasteiger partial charge on any atom is -0.508 e. The third kappa shape index (κ3) is 3.45. The molecule has 0 bridgehead atoms. The first-order valence-corrected chi connectivity index (χ1v) is 12.2. The molecule has 164 valence electrons. The number of benzene rings is 1. The molecule has 5 rings (SSSR count). The monoisotopic (exact) mass is 412 g/mol. The number of phenols is 1. The van der Waals surface area contributed by atoms with E-state index in [4.69, 9.17) is 4.74 Å². The van der Waals surface area contributed by atoms with Crippen molar-refractivity contribution in [1.82, 2.24) is 0 Å². The zero-order valence-electron chi connectivity index (χ0n) is 18.2. The maximum atomic E-state index is 12.4. The van der Waals surface area contributed by atoms with Crippen LogP contribution < -0.4 is 0 Å². The molecule has 0 unspecified atom stereocenters. The van der Waals surface area contributed by atoms with Gasteiger partial charge in [0.1, 0.15) is 11.9 Å². The van der Waals surface area contributed by atoms with Crippen LogP contribution in [0.3, 0.4) is 0 Å². The minimum absolute atomic E-state index is 0.0703. The van der Waals surface area contributed by atoms with E-state index in [0.717, 1.165) is 69.8 Å². The Bertz CT molecular complexity index is 811. The van der Waals surface area contributed by atoms with Crippen LogP contribution in [0.2, 0.25) is 0 Å². The van der Waals surface area contributed by atoms with Crippen LogP contribution in [-0.4, -0.2) is 28.4 Å². The van der Waals surface area contributed by atoms with Crippen molar-refractivity contribution in [2.45, 2.75) is 102 Å². The van der Waals surface area contributed by atoms with Crippen molar-refractivity contribution in [3.05, 3.63) is 28.8 Å². The second kappa shape index (κ2) is 7.85. The van der Waals surface area contributed by atoms with Gasteiger partial charge in [-0.1, -0.05) is 6.92 Å². The predicted molar refractivity (Wildman–Crippen MR) is 115 cm³/mol. The van der Waals surface area contributed by atoms with Gasteiger partial charge in [0.25, 0.3) is 0 Å². The van der Waals surface area contributed by atoms with Gasteiger partial charge in [-0.3, -0.25) is 4.79 Å². The van der Waals surface area contributed by atoms with E-state index in [1.165, 1.54) is 11.1 Å². The summed E-state index contributed by atoms with van der Waals surface area (Å²) in [5.74, 6) is 1.93. The standard InChI is InChI=1S/C26H36O4/c1-26-13-12-21-20(22(26)9-10-23(26)28)8-6-16-14-18(27)15-17(25(16)21)7-11-24(29)30-19-4-2-3-5-19/h14-15,19-23,27-28H,2-13H2,1H3/t20-,21+,22+,23-,26+/m1/s1. The highest BCUT2D eigenvalue weighted by molar-refractivity contribution is 5.70. The zero-order chi connectivity index (χ0) is 20.9. The lowest BCUT2D eigenvalue weighted by Crippen LogP contribution is -2.44. The molecule has 5 atom stereocenters. The molecule has 0 saturated heterocycles. The highest BCUT2D eigenvalue weighted by Gasteiger charge is 2.54. The molecule has 0 spiro atoms. The summed E-state index contributed by atoms with van der Waals surface area (Å²) in [6.07, 6.45) is 11.7. The molecule has 3 fully saturated rings. The number of fused-ring (bicyclic) bond motifs is 5. The van der Waals surface area contributed by atoms with Crippen LogP contribution in [0.1, 0.15) is 93.7 Å². The number of aliphatic hydroxyl groups excluding tert-OH is 1. The molecular formula is C26H36O4. The Morgan fingerprint density at radius 2 is 1.93 bits per heavy atom. The first-order chi connectivity index (χ1) is 14.5. The van der Waals surface area contributed by atoms with Crippen LogP contribution in [0.25, 0.3) is 0 Å². The smallest absolute Gasteiger partial charge is 0.306 e. The third-order valence-corrected chi connectivity index (χ3v) is 9.04. The van der Waals surface area contributed by atoms with E-state index in [1.807, 2.05) is 12.1 Å². The first-order valence-electron chi connectivity index (χ1n) is 12.2. The van der Waals surface area contributed by atoms with E-state index in [1.54, 1.807) is 0 Å². The van der Waals surface area contributed by atoms with Crippen LogP contribution >= 0.6 is 0 Å². The lowest BCUT2D eigenvalue weighted by molar-refractivity contribution is -0.148. The Morgan fingerprint density at radius 3 is 2.73 bits per heavy atom. The van der Waals surface area contributed by atoms with E-state index in [-0.39, 0.29) is 23.6 Å². The average Bonchev–Trinajstić information content (AvgIpc) is 3.33. The van der Waals surface area contributed by atoms with Crippen molar-refractivity contribution >= 4 is 5.97 Å². The van der Waals surface area contributed by atoms with E-state index in [2.05, 4.69) is 6.92 Å². The highest BCUT2D eigenvalue weighted by atomic mass is 16.5. The molecule has 1 aromatic rings. The summed E-state index contributed by atoms with van der Waals surface area (Å²) in [7, 11) is 0. The van der Waals surface area contributed by atoms with Crippen LogP contribution in [0, 0.1) is 17.3 Å². The fourth-order valence-corrected chi connectivity index (χ4v) is 7.48. The summed E-state index contributed by atoms with van der Waals surface area (Å²) in [5, 5.41) is 21.0. The summed E-state index contributed by atoms with van der Waals surface area (Å²) in [6, 6.07) is 3.84. The van der Waals surface area contributed by atoms with E-state index in [0.29, 0.717) is 36.3 Å². The number of carbonyl (C=O) groups is 1. The summed E-state index contributed by atoms with van der Waals surface area (Å²) >= 11 is 0. The largest absolute Gasteiger partial charge is 0.508 e. The molecule has 30 heavy (non-hydrogen) atoms. The van der Waals surface area contributed by atoms with Gasteiger partial charge in [-0.05, 0) is 123 Å². The Kier molecular flexibility index (Phi) is 5.33. The molecule has 0 aromatic heterocycles. The van der Waals surface area contributed by atoms with Crippen LogP contribution in [0.5, 0.6) is 5.75 Å². The summed E-state index contributed by atoms with van der Waals surface area (Å²) < 4.78 is 5.67. The number of aryl methyl sites for hydroxylation is 2. The molecule has 4 nitrogen and oxygen atoms in total. The number of esters is 1. The molecule has 4 aliphatic rings. The van der Waals surface area contributed by atoms with Gasteiger partial charge >= 0.3 is 5.97 Å². The van der Waals surface area contributed by atoms with Gasteiger partial charge in [-0.2, -0.15) is 0 Å². The minimum atomic E-state index is -0.158. The van der Waals surface area contributed by atoms with Crippen LogP contribution in [0.15, 0.2) is 12.1 Å². The molecule has 4 heteroatoms. The van der Waals surface area contributed by atoms with Gasteiger partial charge in [-0.25, -0.2) is 0 Å². The number of phenolic OH excluding ortho intramolecular Hbond substituents is 1. The molecule has 3 saturated carbocycles. The number of rotatable bonds is 4. The van der Waals surface area contributed by atoms with E-state index < -0.39 is 0 Å². The quantitative estimate of drug-likeness (QED) is 0.681. The van der Waals surface area contributed by atoms with Crippen LogP contribution in [0.4, 0.5) is 0 Å². The molecule has 0 heterocycles. The molecular weight excluding hydrogens is 376 g/mol. The second-order valence-electron chi connectivity index (χ2n) is 10.6. The Morgan fingerprint density at radius 1 is 1.13 bits per heavy atom. The maximum absolute atomic E-state index is 12.4. The Balaban J connectivity index is 1.36. The van der Waals surface area contributed by atoms with Gasteiger partial charge in [0.15, 0.2) is 0 Å². The molecule has 1 aromatic carbocycles. The average molecular weight is 413 g/mol. The number of ether oxygens (including phenoxy) is 1. The van der Waals surface area contributed by atoms with Crippen molar-refractivity contribution in [3.63, 3.8) is 0 Å². The van der Waals surface area contributed by atoms with Crippen molar-refractivity contribution < 1.29 is 19.7 Å². The van der Waals surface area contributed by atoms with Gasteiger partial charge in [0, 0.05) is 6.42 Å². The van der Waals surface area contributed by atoms with Gasteiger partial charge < -0.3 is 14.9 Å². The second-order valence-corrected chi connectivity index (χ2v) is 10.6. The van der Waals surface area contributed by atoms with Gasteiger partial charge in [0.2, 0.25) is 0 Å². The lowest BCUT2D eigenvalue weighted by Gasteiger charge is -2.50. The lowest BCUT2D eigenvalue weighted by atomic mass is 9.55. The SMILES string of the molecule is C[C@]12CC[C@@H]3c4c(CCC(=O)OC5CCCC5)cc(O)cc4CC[C@H]3[C@@H]1CC[C@H]2O. The Labute approximate surface area is 180 Å². The molecule has 4 aliphatic carbocycles. The number of hydrogen-bond acceptors (Lipinski definition) is 4. The van der Waals surface area contributed by atoms with Crippen molar-refractivity contribution in [2.75, 3.05) is 0 Å². The van der Waals surface area contributed by atoms with Gasteiger partial charge in [-0.15, -0.1) is 0 Å². The summed E-state index contributed by atoms with van der Waals surface area (Å²) in [4.78, 5) is 12.4. The summed E-state index contributed by atoms with van der Waals surface area (Å²) in [5.41, 5.74) is 3.89. The number of aliphatic hydroxyl groups is 1. The predicted octanol–water partition coefficient (Wildman–Crippen LogP) is 5.03. The topological polar surface area (TPSA) is 66.8 Å². The maximum Gasteiger partial charge on any atom is 0.306 e. The number of carbonyl (C=O) groups excluding carboxylic acids is 1. The Hall–Kier alpha value is -1.55. The molecule has 0 amide bonds. The number of aromatic hydroxyl groups is 1. The molecule has 0 aliphatic heterocycles. The fraction of sp³-hybridized carbons (Fsp3) is 0.731. The van der Waals surface area contributed by atoms with Crippen molar-refractivity contribution in [3.8, 4) is 5.75 Å².